The van der Waals surface area contributed by atoms with Gasteiger partial charge in [-0.1, -0.05) is 12.2 Å². The third kappa shape index (κ3) is 2.72. The highest BCUT2D eigenvalue weighted by atomic mass is 32.1. The maximum absolute atomic E-state index is 11.7. The lowest BCUT2D eigenvalue weighted by molar-refractivity contribution is -0.126. The number of H-pyrrole nitrogens is 1. The molecule has 0 radical (unpaired) electrons. The highest BCUT2D eigenvalue weighted by molar-refractivity contribution is 7.80. The van der Waals surface area contributed by atoms with Gasteiger partial charge >= 0.3 is 0 Å². The van der Waals surface area contributed by atoms with Gasteiger partial charge in [-0.3, -0.25) is 9.89 Å². The smallest absolute Gasteiger partial charge is 0.232 e. The molecular formula is C8H13N5OS. The molecule has 15 heavy (non-hydrogen) atoms. The van der Waals surface area contributed by atoms with Crippen LogP contribution in [0.4, 0.5) is 0 Å². The van der Waals surface area contributed by atoms with Gasteiger partial charge in [0.2, 0.25) is 5.91 Å². The summed E-state index contributed by atoms with van der Waals surface area (Å²) in [5, 5.41) is 8.96. The Kier molecular flexibility index (Phi) is 3.35. The minimum Gasteiger partial charge on any atom is -0.392 e. The van der Waals surface area contributed by atoms with Crippen molar-refractivity contribution in [3.63, 3.8) is 0 Å². The summed E-state index contributed by atoms with van der Waals surface area (Å²) in [4.78, 5) is 15.7. The molecule has 0 saturated carbocycles. The normalized spacial score (nSPS) is 11.1. The first-order valence-corrected chi connectivity index (χ1v) is 4.78. The fourth-order valence-corrected chi connectivity index (χ4v) is 0.906. The summed E-state index contributed by atoms with van der Waals surface area (Å²) in [7, 11) is 0. The third-order valence-corrected chi connectivity index (χ3v) is 2.58. The largest absolute Gasteiger partial charge is 0.392 e. The number of thiocarbonyl (C=S) groups is 1. The van der Waals surface area contributed by atoms with Crippen LogP contribution in [0.2, 0.25) is 0 Å². The molecule has 7 heteroatoms. The van der Waals surface area contributed by atoms with E-state index >= 15 is 0 Å². The molecule has 1 aromatic rings. The van der Waals surface area contributed by atoms with Gasteiger partial charge in [-0.05, 0) is 13.8 Å². The minimum absolute atomic E-state index is 0.164. The molecule has 82 valence electrons. The van der Waals surface area contributed by atoms with Gasteiger partial charge in [0.25, 0.3) is 0 Å². The third-order valence-electron chi connectivity index (χ3n) is 2.06. The van der Waals surface area contributed by atoms with Gasteiger partial charge in [-0.25, -0.2) is 4.98 Å². The molecule has 0 saturated heterocycles. The zero-order valence-electron chi connectivity index (χ0n) is 8.57. The van der Waals surface area contributed by atoms with Crippen molar-refractivity contribution in [1.82, 2.24) is 20.5 Å². The number of hydrogen-bond acceptors (Lipinski definition) is 4. The molecule has 4 N–H and O–H groups in total. The summed E-state index contributed by atoms with van der Waals surface area (Å²) >= 11 is 4.80. The number of hydrogen-bond donors (Lipinski definition) is 3. The van der Waals surface area contributed by atoms with Crippen molar-refractivity contribution >= 4 is 23.1 Å². The molecule has 0 aliphatic rings. The number of carbonyl (C=O) groups excluding carboxylic acids is 1. The van der Waals surface area contributed by atoms with Crippen LogP contribution in [0, 0.1) is 5.41 Å². The average molecular weight is 227 g/mol. The molecule has 1 aromatic heterocycles. The Morgan fingerprint density at radius 1 is 1.73 bits per heavy atom. The van der Waals surface area contributed by atoms with E-state index in [1.165, 1.54) is 6.33 Å². The van der Waals surface area contributed by atoms with Crippen molar-refractivity contribution in [3.05, 3.63) is 12.2 Å². The first-order valence-electron chi connectivity index (χ1n) is 4.37. The quantitative estimate of drug-likeness (QED) is 0.615. The van der Waals surface area contributed by atoms with Gasteiger partial charge < -0.3 is 11.1 Å². The Hall–Kier alpha value is -1.50. The van der Waals surface area contributed by atoms with Gasteiger partial charge in [0.15, 0.2) is 0 Å². The van der Waals surface area contributed by atoms with Crippen molar-refractivity contribution < 1.29 is 4.79 Å². The van der Waals surface area contributed by atoms with Crippen LogP contribution in [0.25, 0.3) is 0 Å². The molecule has 0 aliphatic heterocycles. The van der Waals surface area contributed by atoms with Gasteiger partial charge in [-0.2, -0.15) is 5.10 Å². The van der Waals surface area contributed by atoms with E-state index in [-0.39, 0.29) is 17.4 Å². The van der Waals surface area contributed by atoms with Crippen molar-refractivity contribution in [3.8, 4) is 0 Å². The summed E-state index contributed by atoms with van der Waals surface area (Å²) in [6.45, 7) is 3.63. The number of aromatic amines is 1. The molecular weight excluding hydrogens is 214 g/mol. The number of carbonyl (C=O) groups is 1. The van der Waals surface area contributed by atoms with Gasteiger partial charge in [-0.15, -0.1) is 0 Å². The molecule has 0 bridgehead atoms. The number of aromatic nitrogens is 3. The molecule has 6 nitrogen and oxygen atoms in total. The van der Waals surface area contributed by atoms with Crippen molar-refractivity contribution in [1.29, 1.82) is 0 Å². The summed E-state index contributed by atoms with van der Waals surface area (Å²) in [6.07, 6.45) is 1.38. The van der Waals surface area contributed by atoms with Gasteiger partial charge in [0.1, 0.15) is 12.2 Å². The Labute approximate surface area is 92.6 Å². The summed E-state index contributed by atoms with van der Waals surface area (Å²) in [6, 6.07) is 0. The fraction of sp³-hybridized carbons (Fsp3) is 0.500. The van der Waals surface area contributed by atoms with Crippen molar-refractivity contribution in [2.75, 3.05) is 0 Å². The van der Waals surface area contributed by atoms with Crippen LogP contribution in [0.3, 0.4) is 0 Å². The highest BCUT2D eigenvalue weighted by Crippen LogP contribution is 2.15. The van der Waals surface area contributed by atoms with Gasteiger partial charge in [0, 0.05) is 0 Å². The zero-order chi connectivity index (χ0) is 11.5. The summed E-state index contributed by atoms with van der Waals surface area (Å²) in [5.74, 6) is 0.355. The average Bonchev–Trinajstić information content (AvgIpc) is 2.66. The molecule has 0 aliphatic carbocycles. The van der Waals surface area contributed by atoms with Crippen LogP contribution in [0.5, 0.6) is 0 Å². The molecule has 0 spiro atoms. The van der Waals surface area contributed by atoms with Crippen molar-refractivity contribution in [2.24, 2.45) is 11.1 Å². The van der Waals surface area contributed by atoms with Crippen LogP contribution >= 0.6 is 12.2 Å². The molecule has 0 unspecified atom stereocenters. The van der Waals surface area contributed by atoms with Crippen LogP contribution in [0.1, 0.15) is 19.7 Å². The number of rotatable bonds is 4. The van der Waals surface area contributed by atoms with Gasteiger partial charge in [0.05, 0.1) is 16.9 Å². The Morgan fingerprint density at radius 2 is 2.40 bits per heavy atom. The molecule has 0 atom stereocenters. The second-order valence-electron chi connectivity index (χ2n) is 3.60. The molecule has 0 aromatic carbocycles. The van der Waals surface area contributed by atoms with Crippen LogP contribution in [-0.4, -0.2) is 26.1 Å². The second-order valence-corrected chi connectivity index (χ2v) is 4.04. The molecule has 0 fully saturated rings. The Morgan fingerprint density at radius 3 is 2.87 bits per heavy atom. The van der Waals surface area contributed by atoms with E-state index in [1.807, 2.05) is 0 Å². The van der Waals surface area contributed by atoms with E-state index in [0.29, 0.717) is 5.82 Å². The SMILES string of the molecule is CC(C)(C(=O)NCc1ncn[nH]1)C(N)=S. The first kappa shape index (κ1) is 11.6. The van der Waals surface area contributed by atoms with Crippen molar-refractivity contribution in [2.45, 2.75) is 20.4 Å². The van der Waals surface area contributed by atoms with E-state index in [2.05, 4.69) is 20.5 Å². The highest BCUT2D eigenvalue weighted by Gasteiger charge is 2.30. The predicted molar refractivity (Wildman–Crippen MR) is 58.8 cm³/mol. The van der Waals surface area contributed by atoms with E-state index in [9.17, 15) is 4.79 Å². The summed E-state index contributed by atoms with van der Waals surface area (Å²) in [5.41, 5.74) is 4.60. The number of amides is 1. The fourth-order valence-electron chi connectivity index (χ4n) is 0.813. The van der Waals surface area contributed by atoms with E-state index < -0.39 is 5.41 Å². The summed E-state index contributed by atoms with van der Waals surface area (Å²) < 4.78 is 0. The van der Waals surface area contributed by atoms with Crippen LogP contribution < -0.4 is 11.1 Å². The lowest BCUT2D eigenvalue weighted by Gasteiger charge is -2.21. The topological polar surface area (TPSA) is 96.7 Å². The van der Waals surface area contributed by atoms with Crippen LogP contribution in [-0.2, 0) is 11.3 Å². The Bertz CT molecular complexity index is 359. The first-order chi connectivity index (χ1) is 6.94. The van der Waals surface area contributed by atoms with E-state index in [1.54, 1.807) is 13.8 Å². The zero-order valence-corrected chi connectivity index (χ0v) is 9.39. The van der Waals surface area contributed by atoms with E-state index in [0.717, 1.165) is 0 Å². The lowest BCUT2D eigenvalue weighted by Crippen LogP contribution is -2.44. The maximum atomic E-state index is 11.7. The number of nitrogens with zero attached hydrogens (tertiary/aromatic N) is 2. The Balaban J connectivity index is 2.53. The lowest BCUT2D eigenvalue weighted by atomic mass is 9.92. The molecule has 1 rings (SSSR count). The minimum atomic E-state index is -0.852. The maximum Gasteiger partial charge on any atom is 0.232 e. The number of nitrogens with two attached hydrogens (primary N) is 1. The van der Waals surface area contributed by atoms with Crippen LogP contribution in [0.15, 0.2) is 6.33 Å². The molecule has 1 heterocycles. The van der Waals surface area contributed by atoms with E-state index in [4.69, 9.17) is 18.0 Å². The second kappa shape index (κ2) is 4.35. The monoisotopic (exact) mass is 227 g/mol. The number of nitrogens with one attached hydrogen (secondary N) is 2. The predicted octanol–water partition coefficient (Wildman–Crippen LogP) is -0.267. The standard InChI is InChI=1S/C8H13N5OS/c1-8(2,6(9)15)7(14)10-3-5-11-4-12-13-5/h4H,3H2,1-2H3,(H2,9,15)(H,10,14)(H,11,12,13). The molecule has 1 amide bonds.